The Morgan fingerprint density at radius 3 is 2.80 bits per heavy atom. The highest BCUT2D eigenvalue weighted by Crippen LogP contribution is 2.10. The molecule has 6 heteroatoms. The van der Waals surface area contributed by atoms with Gasteiger partial charge in [-0.1, -0.05) is 0 Å². The fourth-order valence-electron chi connectivity index (χ4n) is 2.31. The van der Waals surface area contributed by atoms with Gasteiger partial charge < -0.3 is 9.84 Å². The number of aromatic nitrogens is 2. The Labute approximate surface area is 118 Å². The Morgan fingerprint density at radius 1 is 1.50 bits per heavy atom. The van der Waals surface area contributed by atoms with E-state index in [1.807, 2.05) is 6.92 Å². The molecule has 1 aliphatic rings. The Hall–Kier alpha value is -1.82. The van der Waals surface area contributed by atoms with Crippen LogP contribution in [0.5, 0.6) is 0 Å². The maximum atomic E-state index is 10.9. The monoisotopic (exact) mass is 279 g/mol. The fourth-order valence-corrected chi connectivity index (χ4v) is 2.31. The molecular formula is C14H21N3O3. The smallest absolute Gasteiger partial charge is 0.339 e. The molecule has 0 atom stereocenters. The van der Waals surface area contributed by atoms with Crippen molar-refractivity contribution >= 4 is 12.2 Å². The maximum Gasteiger partial charge on any atom is 0.339 e. The van der Waals surface area contributed by atoms with Crippen molar-refractivity contribution in [1.29, 1.82) is 0 Å². The molecule has 2 heterocycles. The lowest BCUT2D eigenvalue weighted by molar-refractivity contribution is 0.0696. The van der Waals surface area contributed by atoms with Gasteiger partial charge in [0.25, 0.3) is 0 Å². The molecule has 1 fully saturated rings. The zero-order chi connectivity index (χ0) is 14.5. The first-order chi connectivity index (χ1) is 9.58. The lowest BCUT2D eigenvalue weighted by Gasteiger charge is -2.15. The van der Waals surface area contributed by atoms with Gasteiger partial charge in [-0.2, -0.15) is 5.10 Å². The van der Waals surface area contributed by atoms with Crippen LogP contribution in [0.3, 0.4) is 0 Å². The second kappa shape index (κ2) is 6.56. The summed E-state index contributed by atoms with van der Waals surface area (Å²) in [4.78, 5) is 13.3. The number of carboxylic acids is 1. The van der Waals surface area contributed by atoms with Crippen LogP contribution in [0.2, 0.25) is 0 Å². The van der Waals surface area contributed by atoms with Crippen molar-refractivity contribution in [2.45, 2.75) is 26.7 Å². The minimum absolute atomic E-state index is 0.214. The summed E-state index contributed by atoms with van der Waals surface area (Å²) in [6.07, 6.45) is 5.62. The molecule has 0 aromatic carbocycles. The average molecular weight is 279 g/mol. The molecule has 1 aliphatic heterocycles. The lowest BCUT2D eigenvalue weighted by Crippen LogP contribution is -2.23. The van der Waals surface area contributed by atoms with E-state index in [2.05, 4.69) is 10.00 Å². The zero-order valence-electron chi connectivity index (χ0n) is 12.0. The largest absolute Gasteiger partial charge is 0.495 e. The average Bonchev–Trinajstić information content (AvgIpc) is 3.01. The highest BCUT2D eigenvalue weighted by molar-refractivity contribution is 5.88. The minimum Gasteiger partial charge on any atom is -0.495 e. The van der Waals surface area contributed by atoms with Crippen LogP contribution >= 0.6 is 0 Å². The number of hydrogen-bond acceptors (Lipinski definition) is 4. The molecule has 0 amide bonds. The summed E-state index contributed by atoms with van der Waals surface area (Å²) in [5.74, 6) is -0.234. The van der Waals surface area contributed by atoms with E-state index >= 15 is 0 Å². The van der Waals surface area contributed by atoms with Crippen LogP contribution in [-0.4, -0.2) is 52.0 Å². The van der Waals surface area contributed by atoms with Crippen LogP contribution in [0.25, 0.3) is 6.20 Å². The van der Waals surface area contributed by atoms with Gasteiger partial charge in [0.15, 0.2) is 0 Å². The molecular weight excluding hydrogens is 258 g/mol. The number of aromatic carboxylic acids is 1. The highest BCUT2D eigenvalue weighted by atomic mass is 16.5. The lowest BCUT2D eigenvalue weighted by atomic mass is 10.3. The molecule has 1 aromatic heterocycles. The number of nitrogens with zero attached hydrogens (tertiary/aromatic N) is 3. The predicted molar refractivity (Wildman–Crippen MR) is 75.5 cm³/mol. The first-order valence-corrected chi connectivity index (χ1v) is 6.89. The molecule has 0 bridgehead atoms. The van der Waals surface area contributed by atoms with Gasteiger partial charge in [0.2, 0.25) is 0 Å². The van der Waals surface area contributed by atoms with Crippen LogP contribution < -0.4 is 0 Å². The van der Waals surface area contributed by atoms with Crippen molar-refractivity contribution in [2.24, 2.45) is 0 Å². The third kappa shape index (κ3) is 3.60. The number of hydrogen-bond donors (Lipinski definition) is 1. The van der Waals surface area contributed by atoms with E-state index in [0.717, 1.165) is 25.4 Å². The van der Waals surface area contributed by atoms with E-state index < -0.39 is 5.97 Å². The molecule has 0 radical (unpaired) electrons. The minimum atomic E-state index is -0.963. The van der Waals surface area contributed by atoms with Crippen molar-refractivity contribution in [3.63, 3.8) is 0 Å². The summed E-state index contributed by atoms with van der Waals surface area (Å²) in [5, 5.41) is 13.0. The molecule has 1 aromatic rings. The van der Waals surface area contributed by atoms with Gasteiger partial charge in [0, 0.05) is 6.54 Å². The quantitative estimate of drug-likeness (QED) is 0.804. The van der Waals surface area contributed by atoms with Crippen molar-refractivity contribution in [3.05, 3.63) is 23.2 Å². The van der Waals surface area contributed by atoms with E-state index in [1.54, 1.807) is 13.1 Å². The summed E-state index contributed by atoms with van der Waals surface area (Å²) in [6.45, 7) is 7.48. The number of carbonyl (C=O) groups is 1. The zero-order valence-corrected chi connectivity index (χ0v) is 12.0. The van der Waals surface area contributed by atoms with E-state index in [4.69, 9.17) is 9.84 Å². The molecule has 110 valence electrons. The van der Waals surface area contributed by atoms with Crippen LogP contribution in [0.1, 0.15) is 35.8 Å². The SMILES string of the molecule is C/C(=C\n1ncc(C(=O)O)c1C)OCCN1CCCC1. The van der Waals surface area contributed by atoms with Gasteiger partial charge in [0.1, 0.15) is 17.9 Å². The number of ether oxygens (including phenoxy) is 1. The number of allylic oxidation sites excluding steroid dienone is 1. The second-order valence-electron chi connectivity index (χ2n) is 5.03. The third-order valence-corrected chi connectivity index (χ3v) is 3.52. The summed E-state index contributed by atoms with van der Waals surface area (Å²) in [6, 6.07) is 0. The first kappa shape index (κ1) is 14.6. The Balaban J connectivity index is 1.87. The van der Waals surface area contributed by atoms with Gasteiger partial charge in [0.05, 0.1) is 18.1 Å². The van der Waals surface area contributed by atoms with E-state index in [-0.39, 0.29) is 5.56 Å². The summed E-state index contributed by atoms with van der Waals surface area (Å²) < 4.78 is 7.18. The topological polar surface area (TPSA) is 67.6 Å². The van der Waals surface area contributed by atoms with Crippen molar-refractivity contribution in [1.82, 2.24) is 14.7 Å². The standard InChI is InChI=1S/C14H21N3O3/c1-11(20-8-7-16-5-3-4-6-16)10-17-12(2)13(9-15-17)14(18)19/h9-10H,3-8H2,1-2H3,(H,18,19)/b11-10+. The molecule has 1 N–H and O–H groups in total. The van der Waals surface area contributed by atoms with Gasteiger partial charge in [-0.3, -0.25) is 4.90 Å². The Kier molecular flexibility index (Phi) is 4.79. The third-order valence-electron chi connectivity index (χ3n) is 3.52. The van der Waals surface area contributed by atoms with Gasteiger partial charge in [-0.15, -0.1) is 0 Å². The van der Waals surface area contributed by atoms with Crippen LogP contribution in [0, 0.1) is 6.92 Å². The normalized spacial score (nSPS) is 16.6. The number of carboxylic acid groups (broad SMARTS) is 1. The van der Waals surface area contributed by atoms with E-state index in [0.29, 0.717) is 12.3 Å². The highest BCUT2D eigenvalue weighted by Gasteiger charge is 2.12. The van der Waals surface area contributed by atoms with Gasteiger partial charge >= 0.3 is 5.97 Å². The molecule has 0 spiro atoms. The van der Waals surface area contributed by atoms with Crippen LogP contribution in [-0.2, 0) is 4.74 Å². The first-order valence-electron chi connectivity index (χ1n) is 6.89. The Morgan fingerprint density at radius 2 is 2.20 bits per heavy atom. The number of likely N-dealkylation sites (tertiary alicyclic amines) is 1. The predicted octanol–water partition coefficient (Wildman–Crippen LogP) is 1.82. The van der Waals surface area contributed by atoms with Crippen molar-refractivity contribution in [3.8, 4) is 0 Å². The molecule has 6 nitrogen and oxygen atoms in total. The van der Waals surface area contributed by atoms with Crippen molar-refractivity contribution < 1.29 is 14.6 Å². The summed E-state index contributed by atoms with van der Waals surface area (Å²) >= 11 is 0. The molecule has 2 rings (SSSR count). The van der Waals surface area contributed by atoms with E-state index in [9.17, 15) is 4.79 Å². The second-order valence-corrected chi connectivity index (χ2v) is 5.03. The molecule has 0 saturated carbocycles. The summed E-state index contributed by atoms with van der Waals surface area (Å²) in [7, 11) is 0. The van der Waals surface area contributed by atoms with Crippen LogP contribution in [0.15, 0.2) is 12.0 Å². The van der Waals surface area contributed by atoms with Crippen molar-refractivity contribution in [2.75, 3.05) is 26.2 Å². The number of rotatable bonds is 6. The van der Waals surface area contributed by atoms with Gasteiger partial charge in [-0.05, 0) is 39.8 Å². The molecule has 20 heavy (non-hydrogen) atoms. The summed E-state index contributed by atoms with van der Waals surface area (Å²) in [5.41, 5.74) is 0.811. The molecule has 0 aliphatic carbocycles. The maximum absolute atomic E-state index is 10.9. The molecule has 1 saturated heterocycles. The van der Waals surface area contributed by atoms with E-state index in [1.165, 1.54) is 23.7 Å². The van der Waals surface area contributed by atoms with Gasteiger partial charge in [-0.25, -0.2) is 9.48 Å². The van der Waals surface area contributed by atoms with Crippen LogP contribution in [0.4, 0.5) is 0 Å². The Bertz CT molecular complexity index is 502. The fraction of sp³-hybridized carbons (Fsp3) is 0.571. The molecule has 0 unspecified atom stereocenters.